The lowest BCUT2D eigenvalue weighted by Crippen LogP contribution is -2.28. The molecule has 0 aromatic carbocycles. The quantitative estimate of drug-likeness (QED) is 0.530. The molecule has 0 radical (unpaired) electrons. The van der Waals surface area contributed by atoms with Gasteiger partial charge in [-0.2, -0.15) is 0 Å². The summed E-state index contributed by atoms with van der Waals surface area (Å²) in [7, 11) is 2.22. The van der Waals surface area contributed by atoms with Crippen molar-refractivity contribution < 1.29 is 0 Å². The van der Waals surface area contributed by atoms with Gasteiger partial charge in [-0.15, -0.1) is 0 Å². The van der Waals surface area contributed by atoms with Crippen molar-refractivity contribution in [1.82, 2.24) is 4.90 Å². The van der Waals surface area contributed by atoms with Crippen LogP contribution >= 0.6 is 0 Å². The van der Waals surface area contributed by atoms with E-state index in [1.165, 1.54) is 32.4 Å². The number of nitrogens with zero attached hydrogens (tertiary/aromatic N) is 1. The molecule has 0 spiro atoms. The van der Waals surface area contributed by atoms with E-state index >= 15 is 0 Å². The van der Waals surface area contributed by atoms with Crippen LogP contribution in [0, 0.1) is 0 Å². The highest BCUT2D eigenvalue weighted by molar-refractivity contribution is 5.35. The average molecular weight is 163 g/mol. The van der Waals surface area contributed by atoms with Crippen LogP contribution < -0.4 is 0 Å². The van der Waals surface area contributed by atoms with Gasteiger partial charge >= 0.3 is 0 Å². The third kappa shape index (κ3) is 1.46. The molecule has 0 saturated heterocycles. The molecule has 1 heteroatoms. The Morgan fingerprint density at radius 3 is 2.92 bits per heavy atom. The molecule has 1 heterocycles. The minimum absolute atomic E-state index is 1.21. The molecule has 1 aliphatic heterocycles. The summed E-state index contributed by atoms with van der Waals surface area (Å²) in [5.41, 5.74) is 4.89. The first kappa shape index (κ1) is 8.06. The molecule has 0 N–H and O–H groups in total. The number of likely N-dealkylation sites (N-methyl/N-ethyl adjacent to an activating group) is 1. The highest BCUT2D eigenvalue weighted by atomic mass is 15.1. The minimum Gasteiger partial charge on any atom is -0.302 e. The number of hydrogen-bond acceptors (Lipinski definition) is 1. The standard InChI is InChI=1S/C11H17N/c1-9-3-4-11-8-12(2)6-5-10(11)7-9/h7H,3-6,8H2,1-2H3. The predicted molar refractivity (Wildman–Crippen MR) is 52.1 cm³/mol. The zero-order valence-electron chi connectivity index (χ0n) is 8.06. The molecule has 2 aliphatic rings. The van der Waals surface area contributed by atoms with Crippen LogP contribution in [0.25, 0.3) is 0 Å². The Balaban J connectivity index is 2.22. The van der Waals surface area contributed by atoms with Crippen molar-refractivity contribution >= 4 is 0 Å². The first-order chi connectivity index (χ1) is 5.75. The molecule has 0 aromatic rings. The summed E-state index contributed by atoms with van der Waals surface area (Å²) in [5.74, 6) is 0. The van der Waals surface area contributed by atoms with Gasteiger partial charge in [0.2, 0.25) is 0 Å². The van der Waals surface area contributed by atoms with Gasteiger partial charge in [0.25, 0.3) is 0 Å². The van der Waals surface area contributed by atoms with Crippen molar-refractivity contribution in [3.8, 4) is 0 Å². The van der Waals surface area contributed by atoms with Crippen LogP contribution in [0.4, 0.5) is 0 Å². The second-order valence-corrected chi connectivity index (χ2v) is 4.11. The van der Waals surface area contributed by atoms with Crippen LogP contribution in [0.3, 0.4) is 0 Å². The third-order valence-electron chi connectivity index (χ3n) is 2.92. The van der Waals surface area contributed by atoms with E-state index in [9.17, 15) is 0 Å². The minimum atomic E-state index is 1.21. The molecule has 0 aromatic heterocycles. The van der Waals surface area contributed by atoms with Gasteiger partial charge in [-0.1, -0.05) is 17.2 Å². The summed E-state index contributed by atoms with van der Waals surface area (Å²) in [5, 5.41) is 0. The van der Waals surface area contributed by atoms with E-state index in [-0.39, 0.29) is 0 Å². The van der Waals surface area contributed by atoms with Gasteiger partial charge < -0.3 is 4.90 Å². The fourth-order valence-electron chi connectivity index (χ4n) is 2.13. The summed E-state index contributed by atoms with van der Waals surface area (Å²) in [6.07, 6.45) is 6.27. The van der Waals surface area contributed by atoms with Gasteiger partial charge in [0.15, 0.2) is 0 Å². The van der Waals surface area contributed by atoms with E-state index in [1.54, 1.807) is 16.7 Å². The van der Waals surface area contributed by atoms with Crippen LogP contribution in [0.15, 0.2) is 22.8 Å². The Kier molecular flexibility index (Phi) is 2.05. The van der Waals surface area contributed by atoms with Gasteiger partial charge in [0.05, 0.1) is 0 Å². The maximum atomic E-state index is 2.42. The molecule has 12 heavy (non-hydrogen) atoms. The first-order valence-corrected chi connectivity index (χ1v) is 4.82. The number of hydrogen-bond donors (Lipinski definition) is 0. The van der Waals surface area contributed by atoms with Gasteiger partial charge in [-0.25, -0.2) is 0 Å². The van der Waals surface area contributed by atoms with Gasteiger partial charge in [-0.05, 0) is 38.8 Å². The highest BCUT2D eigenvalue weighted by Gasteiger charge is 2.17. The molecule has 1 nitrogen and oxygen atoms in total. The van der Waals surface area contributed by atoms with E-state index in [0.29, 0.717) is 0 Å². The predicted octanol–water partition coefficient (Wildman–Crippen LogP) is 2.36. The Hall–Kier alpha value is -0.560. The molecule has 66 valence electrons. The summed E-state index contributed by atoms with van der Waals surface area (Å²) in [4.78, 5) is 2.42. The largest absolute Gasteiger partial charge is 0.302 e. The molecule has 0 fully saturated rings. The van der Waals surface area contributed by atoms with Crippen LogP contribution in [-0.4, -0.2) is 25.0 Å². The van der Waals surface area contributed by atoms with Gasteiger partial charge in [0, 0.05) is 13.1 Å². The Bertz CT molecular complexity index is 248. The maximum absolute atomic E-state index is 2.42. The molecular weight excluding hydrogens is 146 g/mol. The SMILES string of the molecule is CC1=CC2=C(CC1)CN(C)CC2. The Morgan fingerprint density at radius 2 is 2.08 bits per heavy atom. The van der Waals surface area contributed by atoms with Crippen molar-refractivity contribution in [2.45, 2.75) is 26.2 Å². The van der Waals surface area contributed by atoms with E-state index < -0.39 is 0 Å². The van der Waals surface area contributed by atoms with E-state index in [1.807, 2.05) is 0 Å². The van der Waals surface area contributed by atoms with Crippen LogP contribution in [0.5, 0.6) is 0 Å². The molecule has 0 atom stereocenters. The number of rotatable bonds is 0. The molecule has 0 amide bonds. The zero-order chi connectivity index (χ0) is 8.55. The monoisotopic (exact) mass is 163 g/mol. The van der Waals surface area contributed by atoms with Gasteiger partial charge in [-0.3, -0.25) is 0 Å². The highest BCUT2D eigenvalue weighted by Crippen LogP contribution is 2.28. The Morgan fingerprint density at radius 1 is 1.25 bits per heavy atom. The molecule has 1 aliphatic carbocycles. The second kappa shape index (κ2) is 3.06. The lowest BCUT2D eigenvalue weighted by Gasteiger charge is -2.29. The summed E-state index contributed by atoms with van der Waals surface area (Å²) >= 11 is 0. The smallest absolute Gasteiger partial charge is 0.0195 e. The molecule has 0 bridgehead atoms. The number of allylic oxidation sites excluding steroid dienone is 2. The zero-order valence-corrected chi connectivity index (χ0v) is 8.06. The maximum Gasteiger partial charge on any atom is 0.0195 e. The van der Waals surface area contributed by atoms with Crippen molar-refractivity contribution in [2.75, 3.05) is 20.1 Å². The van der Waals surface area contributed by atoms with Crippen LogP contribution in [0.1, 0.15) is 26.2 Å². The second-order valence-electron chi connectivity index (χ2n) is 4.11. The van der Waals surface area contributed by atoms with Crippen molar-refractivity contribution in [2.24, 2.45) is 0 Å². The topological polar surface area (TPSA) is 3.24 Å². The summed E-state index contributed by atoms with van der Waals surface area (Å²) in [6, 6.07) is 0. The summed E-state index contributed by atoms with van der Waals surface area (Å²) < 4.78 is 0. The van der Waals surface area contributed by atoms with Crippen molar-refractivity contribution in [3.05, 3.63) is 22.8 Å². The molecule has 2 rings (SSSR count). The Labute approximate surface area is 74.8 Å². The van der Waals surface area contributed by atoms with E-state index in [4.69, 9.17) is 0 Å². The lowest BCUT2D eigenvalue weighted by atomic mass is 9.89. The normalized spacial score (nSPS) is 25.3. The average Bonchev–Trinajstić information content (AvgIpc) is 2.05. The van der Waals surface area contributed by atoms with Crippen LogP contribution in [0.2, 0.25) is 0 Å². The molecule has 0 saturated carbocycles. The van der Waals surface area contributed by atoms with E-state index in [0.717, 1.165) is 0 Å². The van der Waals surface area contributed by atoms with Crippen LogP contribution in [-0.2, 0) is 0 Å². The first-order valence-electron chi connectivity index (χ1n) is 4.82. The van der Waals surface area contributed by atoms with E-state index in [2.05, 4.69) is 24.9 Å². The lowest BCUT2D eigenvalue weighted by molar-refractivity contribution is 0.343. The third-order valence-corrected chi connectivity index (χ3v) is 2.92. The molecule has 0 unspecified atom stereocenters. The fraction of sp³-hybridized carbons (Fsp3) is 0.636. The van der Waals surface area contributed by atoms with Crippen molar-refractivity contribution in [1.29, 1.82) is 0 Å². The fourth-order valence-corrected chi connectivity index (χ4v) is 2.13. The van der Waals surface area contributed by atoms with Crippen molar-refractivity contribution in [3.63, 3.8) is 0 Å². The molecular formula is C11H17N. The van der Waals surface area contributed by atoms with Gasteiger partial charge in [0.1, 0.15) is 0 Å². The summed E-state index contributed by atoms with van der Waals surface area (Å²) in [6.45, 7) is 4.70.